The van der Waals surface area contributed by atoms with Crippen molar-refractivity contribution in [2.75, 3.05) is 0 Å². The Hall–Kier alpha value is -0.940. The number of rotatable bonds is 4. The molecule has 1 saturated carbocycles. The Labute approximate surface area is 127 Å². The quantitative estimate of drug-likeness (QED) is 0.828. The van der Waals surface area contributed by atoms with Crippen LogP contribution in [0.5, 0.6) is 0 Å². The maximum absolute atomic E-state index is 12.4. The second-order valence-corrected chi connectivity index (χ2v) is 6.32. The fourth-order valence-corrected chi connectivity index (χ4v) is 3.31. The number of nitrogens with two attached hydrogens (primary N) is 1. The molecule has 0 atom stereocenters. The van der Waals surface area contributed by atoms with Gasteiger partial charge in [-0.05, 0) is 30.5 Å². The van der Waals surface area contributed by atoms with Crippen molar-refractivity contribution in [3.8, 4) is 0 Å². The fourth-order valence-electron chi connectivity index (χ4n) is 2.56. The zero-order valence-corrected chi connectivity index (χ0v) is 13.0. The molecular weight excluding hydrogens is 324 g/mol. The van der Waals surface area contributed by atoms with Crippen molar-refractivity contribution < 1.29 is 4.79 Å². The van der Waals surface area contributed by atoms with Crippen LogP contribution in [0.4, 0.5) is 0 Å². The van der Waals surface area contributed by atoms with E-state index in [1.807, 2.05) is 24.3 Å². The summed E-state index contributed by atoms with van der Waals surface area (Å²) in [6, 6.07) is 7.87. The molecule has 0 saturated heterocycles. The minimum absolute atomic E-state index is 0.0301. The largest absolute Gasteiger partial charge is 0.392 e. The van der Waals surface area contributed by atoms with E-state index in [9.17, 15) is 4.79 Å². The Balaban J connectivity index is 2.02. The molecule has 1 aliphatic rings. The lowest BCUT2D eigenvalue weighted by molar-refractivity contribution is -0.127. The minimum Gasteiger partial charge on any atom is -0.392 e. The lowest BCUT2D eigenvalue weighted by atomic mass is 9.85. The highest BCUT2D eigenvalue weighted by atomic mass is 79.9. The molecule has 5 heteroatoms. The van der Waals surface area contributed by atoms with Crippen LogP contribution in [0, 0.1) is 5.41 Å². The van der Waals surface area contributed by atoms with E-state index in [2.05, 4.69) is 21.2 Å². The molecule has 0 bridgehead atoms. The summed E-state index contributed by atoms with van der Waals surface area (Å²) in [7, 11) is 0. The Bertz CT molecular complexity index is 498. The number of halogens is 1. The number of nitrogens with one attached hydrogen (secondary N) is 1. The predicted molar refractivity (Wildman–Crippen MR) is 83.7 cm³/mol. The van der Waals surface area contributed by atoms with Gasteiger partial charge < -0.3 is 11.1 Å². The summed E-state index contributed by atoms with van der Waals surface area (Å²) >= 11 is 8.52. The van der Waals surface area contributed by atoms with Gasteiger partial charge in [0.2, 0.25) is 5.91 Å². The van der Waals surface area contributed by atoms with Crippen LogP contribution in [0.2, 0.25) is 0 Å². The molecule has 1 amide bonds. The van der Waals surface area contributed by atoms with Gasteiger partial charge in [-0.2, -0.15) is 0 Å². The van der Waals surface area contributed by atoms with E-state index < -0.39 is 5.41 Å². The summed E-state index contributed by atoms with van der Waals surface area (Å²) < 4.78 is 1.00. The molecule has 1 aromatic carbocycles. The zero-order valence-electron chi connectivity index (χ0n) is 10.6. The number of carbonyl (C=O) groups is 1. The molecule has 2 rings (SSSR count). The molecule has 0 aliphatic heterocycles. The molecule has 3 nitrogen and oxygen atoms in total. The molecule has 102 valence electrons. The van der Waals surface area contributed by atoms with Gasteiger partial charge in [0.25, 0.3) is 0 Å². The van der Waals surface area contributed by atoms with Crippen LogP contribution < -0.4 is 11.1 Å². The standard InChI is InChI=1S/C14H17BrN2OS/c15-11-5-3-4-10(8-11)9-17-13(18)14(12(16)19)6-1-2-7-14/h3-5,8H,1-2,6-7,9H2,(H2,16,19)(H,17,18). The normalized spacial score (nSPS) is 17.1. The monoisotopic (exact) mass is 340 g/mol. The number of hydrogen-bond acceptors (Lipinski definition) is 2. The van der Waals surface area contributed by atoms with E-state index in [-0.39, 0.29) is 5.91 Å². The third-order valence-corrected chi connectivity index (χ3v) is 4.59. The smallest absolute Gasteiger partial charge is 0.233 e. The van der Waals surface area contributed by atoms with E-state index in [4.69, 9.17) is 18.0 Å². The van der Waals surface area contributed by atoms with E-state index in [1.165, 1.54) is 0 Å². The lowest BCUT2D eigenvalue weighted by Gasteiger charge is -2.26. The van der Waals surface area contributed by atoms with Crippen molar-refractivity contribution in [1.82, 2.24) is 5.32 Å². The summed E-state index contributed by atoms with van der Waals surface area (Å²) in [5.41, 5.74) is 6.22. The lowest BCUT2D eigenvalue weighted by Crippen LogP contribution is -2.46. The molecule has 0 unspecified atom stereocenters. The van der Waals surface area contributed by atoms with Gasteiger partial charge in [-0.25, -0.2) is 0 Å². The van der Waals surface area contributed by atoms with Crippen molar-refractivity contribution in [2.45, 2.75) is 32.2 Å². The highest BCUT2D eigenvalue weighted by Crippen LogP contribution is 2.38. The number of hydrogen-bond donors (Lipinski definition) is 2. The summed E-state index contributed by atoms with van der Waals surface area (Å²) in [5.74, 6) is -0.0301. The van der Waals surface area contributed by atoms with Gasteiger partial charge in [0.1, 0.15) is 0 Å². The van der Waals surface area contributed by atoms with E-state index in [1.54, 1.807) is 0 Å². The van der Waals surface area contributed by atoms with Crippen LogP contribution in [-0.4, -0.2) is 10.9 Å². The molecule has 3 N–H and O–H groups in total. The van der Waals surface area contributed by atoms with Gasteiger partial charge in [0.05, 0.1) is 10.4 Å². The third kappa shape index (κ3) is 3.15. The molecule has 1 fully saturated rings. The van der Waals surface area contributed by atoms with Gasteiger partial charge in [-0.3, -0.25) is 4.79 Å². The highest BCUT2D eigenvalue weighted by Gasteiger charge is 2.43. The molecule has 0 heterocycles. The number of benzene rings is 1. The first kappa shape index (κ1) is 14.5. The molecule has 1 aromatic rings. The predicted octanol–water partition coefficient (Wildman–Crippen LogP) is 2.91. The van der Waals surface area contributed by atoms with Crippen LogP contribution in [0.1, 0.15) is 31.2 Å². The molecule has 0 spiro atoms. The maximum atomic E-state index is 12.4. The summed E-state index contributed by atoms with van der Waals surface area (Å²) in [5, 5.41) is 2.96. The number of thiocarbonyl (C=S) groups is 1. The van der Waals surface area contributed by atoms with Crippen LogP contribution in [-0.2, 0) is 11.3 Å². The molecular formula is C14H17BrN2OS. The first-order valence-electron chi connectivity index (χ1n) is 6.37. The van der Waals surface area contributed by atoms with Crippen molar-refractivity contribution >= 4 is 39.0 Å². The van der Waals surface area contributed by atoms with Gasteiger partial charge in [0.15, 0.2) is 0 Å². The summed E-state index contributed by atoms with van der Waals surface area (Å²) in [4.78, 5) is 12.7. The second kappa shape index (κ2) is 6.01. The van der Waals surface area contributed by atoms with Gasteiger partial charge in [0, 0.05) is 11.0 Å². The topological polar surface area (TPSA) is 55.1 Å². The average Bonchev–Trinajstić information content (AvgIpc) is 2.86. The third-order valence-electron chi connectivity index (χ3n) is 3.71. The van der Waals surface area contributed by atoms with Crippen LogP contribution in [0.3, 0.4) is 0 Å². The minimum atomic E-state index is -0.624. The maximum Gasteiger partial charge on any atom is 0.233 e. The number of carbonyl (C=O) groups excluding carboxylic acids is 1. The van der Waals surface area contributed by atoms with Gasteiger partial charge in [-0.1, -0.05) is 53.1 Å². The van der Waals surface area contributed by atoms with Crippen LogP contribution >= 0.6 is 28.1 Å². The highest BCUT2D eigenvalue weighted by molar-refractivity contribution is 9.10. The first-order chi connectivity index (χ1) is 9.04. The first-order valence-corrected chi connectivity index (χ1v) is 7.57. The molecule has 1 aliphatic carbocycles. The van der Waals surface area contributed by atoms with Crippen molar-refractivity contribution in [1.29, 1.82) is 0 Å². The van der Waals surface area contributed by atoms with Gasteiger partial charge in [-0.15, -0.1) is 0 Å². The number of amides is 1. The average molecular weight is 341 g/mol. The Morgan fingerprint density at radius 2 is 2.11 bits per heavy atom. The van der Waals surface area contributed by atoms with Crippen LogP contribution in [0.15, 0.2) is 28.7 Å². The van der Waals surface area contributed by atoms with E-state index >= 15 is 0 Å². The summed E-state index contributed by atoms with van der Waals surface area (Å²) in [6.07, 6.45) is 3.57. The van der Waals surface area contributed by atoms with E-state index in [0.29, 0.717) is 11.5 Å². The summed E-state index contributed by atoms with van der Waals surface area (Å²) in [6.45, 7) is 0.503. The SMILES string of the molecule is NC(=S)C1(C(=O)NCc2cccc(Br)c2)CCCC1. The molecule has 0 radical (unpaired) electrons. The Kier molecular flexibility index (Phi) is 4.58. The van der Waals surface area contributed by atoms with E-state index in [0.717, 1.165) is 35.7 Å². The fraction of sp³-hybridized carbons (Fsp3) is 0.429. The Morgan fingerprint density at radius 3 is 2.68 bits per heavy atom. The second-order valence-electron chi connectivity index (χ2n) is 4.97. The van der Waals surface area contributed by atoms with Crippen molar-refractivity contribution in [2.24, 2.45) is 11.1 Å². The molecule has 19 heavy (non-hydrogen) atoms. The van der Waals surface area contributed by atoms with Crippen molar-refractivity contribution in [3.05, 3.63) is 34.3 Å². The molecule has 0 aromatic heterocycles. The van der Waals surface area contributed by atoms with Gasteiger partial charge >= 0.3 is 0 Å². The Morgan fingerprint density at radius 1 is 1.42 bits per heavy atom. The van der Waals surface area contributed by atoms with Crippen LogP contribution in [0.25, 0.3) is 0 Å². The van der Waals surface area contributed by atoms with Crippen molar-refractivity contribution in [3.63, 3.8) is 0 Å². The zero-order chi connectivity index (χ0) is 13.9.